The Balaban J connectivity index is 2.24. The zero-order valence-electron chi connectivity index (χ0n) is 11.5. The Labute approximate surface area is 119 Å². The summed E-state index contributed by atoms with van der Waals surface area (Å²) >= 11 is 0. The summed E-state index contributed by atoms with van der Waals surface area (Å²) in [5.41, 5.74) is 8.12. The van der Waals surface area contributed by atoms with Crippen molar-refractivity contribution in [2.45, 2.75) is 24.8 Å². The summed E-state index contributed by atoms with van der Waals surface area (Å²) in [4.78, 5) is 0.215. The third-order valence-corrected chi connectivity index (χ3v) is 4.73. The predicted octanol–water partition coefficient (Wildman–Crippen LogP) is 2.62. The molecule has 0 fully saturated rings. The van der Waals surface area contributed by atoms with Gasteiger partial charge in [0.15, 0.2) is 0 Å². The molecule has 1 unspecified atom stereocenters. The topological polar surface area (TPSA) is 72.2 Å². The van der Waals surface area contributed by atoms with E-state index in [4.69, 9.17) is 5.73 Å². The molecular formula is C15H18N2O2S. The molecule has 0 heterocycles. The van der Waals surface area contributed by atoms with E-state index in [2.05, 4.69) is 4.72 Å². The van der Waals surface area contributed by atoms with Crippen LogP contribution in [-0.4, -0.2) is 8.42 Å². The van der Waals surface area contributed by atoms with Crippen molar-refractivity contribution in [2.75, 3.05) is 5.73 Å². The van der Waals surface area contributed by atoms with Crippen LogP contribution in [0.3, 0.4) is 0 Å². The van der Waals surface area contributed by atoms with E-state index in [0.29, 0.717) is 5.69 Å². The lowest BCUT2D eigenvalue weighted by Gasteiger charge is -2.16. The highest BCUT2D eigenvalue weighted by Gasteiger charge is 2.18. The molecule has 0 aromatic heterocycles. The number of rotatable bonds is 4. The third-order valence-electron chi connectivity index (χ3n) is 3.18. The van der Waals surface area contributed by atoms with E-state index in [1.54, 1.807) is 12.1 Å². The van der Waals surface area contributed by atoms with Gasteiger partial charge in [0.1, 0.15) is 0 Å². The van der Waals surface area contributed by atoms with Crippen LogP contribution in [0.4, 0.5) is 5.69 Å². The number of aryl methyl sites for hydroxylation is 1. The Bertz CT molecular complexity index is 694. The van der Waals surface area contributed by atoms with Crippen LogP contribution in [0.25, 0.3) is 0 Å². The summed E-state index contributed by atoms with van der Waals surface area (Å²) in [6.45, 7) is 3.79. The van der Waals surface area contributed by atoms with Gasteiger partial charge in [0.2, 0.25) is 10.0 Å². The molecule has 0 radical (unpaired) electrons. The zero-order chi connectivity index (χ0) is 14.8. The van der Waals surface area contributed by atoms with Crippen LogP contribution in [0, 0.1) is 6.92 Å². The SMILES string of the molecule is Cc1ccccc1C(C)NS(=O)(=O)c1ccc(N)cc1. The molecule has 2 rings (SSSR count). The Morgan fingerprint density at radius 2 is 1.65 bits per heavy atom. The minimum absolute atomic E-state index is 0.215. The number of hydrogen-bond acceptors (Lipinski definition) is 3. The summed E-state index contributed by atoms with van der Waals surface area (Å²) < 4.78 is 27.3. The van der Waals surface area contributed by atoms with Crippen molar-refractivity contribution in [3.05, 3.63) is 59.7 Å². The molecule has 0 aliphatic rings. The number of nitrogens with one attached hydrogen (secondary N) is 1. The maximum atomic E-state index is 12.3. The molecule has 0 bridgehead atoms. The lowest BCUT2D eigenvalue weighted by atomic mass is 10.0. The molecule has 1 atom stereocenters. The second-order valence-corrected chi connectivity index (χ2v) is 6.48. The molecule has 5 heteroatoms. The fourth-order valence-electron chi connectivity index (χ4n) is 2.08. The molecule has 2 aromatic rings. The second-order valence-electron chi connectivity index (χ2n) is 4.77. The molecule has 106 valence electrons. The first-order valence-electron chi connectivity index (χ1n) is 6.33. The van der Waals surface area contributed by atoms with Crippen LogP contribution in [0.5, 0.6) is 0 Å². The minimum Gasteiger partial charge on any atom is -0.399 e. The molecule has 0 aliphatic carbocycles. The van der Waals surface area contributed by atoms with Gasteiger partial charge < -0.3 is 5.73 Å². The first kappa shape index (κ1) is 14.6. The smallest absolute Gasteiger partial charge is 0.241 e. The number of sulfonamides is 1. The van der Waals surface area contributed by atoms with Crippen molar-refractivity contribution in [3.8, 4) is 0 Å². The Kier molecular flexibility index (Phi) is 4.11. The van der Waals surface area contributed by atoms with Crippen LogP contribution in [-0.2, 0) is 10.0 Å². The van der Waals surface area contributed by atoms with E-state index in [-0.39, 0.29) is 10.9 Å². The van der Waals surface area contributed by atoms with Gasteiger partial charge in [0.25, 0.3) is 0 Å². The summed E-state index contributed by atoms with van der Waals surface area (Å²) in [6, 6.07) is 13.6. The van der Waals surface area contributed by atoms with E-state index in [9.17, 15) is 8.42 Å². The predicted molar refractivity (Wildman–Crippen MR) is 80.8 cm³/mol. The van der Waals surface area contributed by atoms with Crippen LogP contribution in [0.1, 0.15) is 24.1 Å². The fourth-order valence-corrected chi connectivity index (χ4v) is 3.31. The van der Waals surface area contributed by atoms with Crippen LogP contribution >= 0.6 is 0 Å². The number of anilines is 1. The maximum absolute atomic E-state index is 12.3. The lowest BCUT2D eigenvalue weighted by Crippen LogP contribution is -2.27. The summed E-state index contributed by atoms with van der Waals surface area (Å²) in [5.74, 6) is 0. The lowest BCUT2D eigenvalue weighted by molar-refractivity contribution is 0.566. The molecule has 20 heavy (non-hydrogen) atoms. The second kappa shape index (κ2) is 5.64. The minimum atomic E-state index is -3.55. The molecule has 4 nitrogen and oxygen atoms in total. The van der Waals surface area contributed by atoms with Gasteiger partial charge in [-0.1, -0.05) is 24.3 Å². The van der Waals surface area contributed by atoms with Crippen molar-refractivity contribution in [1.82, 2.24) is 4.72 Å². The Morgan fingerprint density at radius 3 is 2.25 bits per heavy atom. The molecule has 0 saturated heterocycles. The van der Waals surface area contributed by atoms with Crippen molar-refractivity contribution >= 4 is 15.7 Å². The van der Waals surface area contributed by atoms with Gasteiger partial charge in [0.05, 0.1) is 4.90 Å². The van der Waals surface area contributed by atoms with Crippen molar-refractivity contribution in [3.63, 3.8) is 0 Å². The average Bonchev–Trinajstić information content (AvgIpc) is 2.39. The molecule has 3 N–H and O–H groups in total. The van der Waals surface area contributed by atoms with Gasteiger partial charge in [-0.2, -0.15) is 0 Å². The summed E-state index contributed by atoms with van der Waals surface area (Å²) in [6.07, 6.45) is 0. The fraction of sp³-hybridized carbons (Fsp3) is 0.200. The number of benzene rings is 2. The van der Waals surface area contributed by atoms with Crippen molar-refractivity contribution in [1.29, 1.82) is 0 Å². The van der Waals surface area contributed by atoms with Crippen LogP contribution in [0.2, 0.25) is 0 Å². The molecule has 2 aromatic carbocycles. The van der Waals surface area contributed by atoms with E-state index >= 15 is 0 Å². The van der Waals surface area contributed by atoms with Gasteiger partial charge in [-0.25, -0.2) is 13.1 Å². The number of nitrogens with two attached hydrogens (primary N) is 1. The maximum Gasteiger partial charge on any atom is 0.241 e. The van der Waals surface area contributed by atoms with Crippen LogP contribution < -0.4 is 10.5 Å². The van der Waals surface area contributed by atoms with E-state index in [1.807, 2.05) is 38.1 Å². The van der Waals surface area contributed by atoms with Gasteiger partial charge in [-0.15, -0.1) is 0 Å². The Morgan fingerprint density at radius 1 is 1.05 bits per heavy atom. The third kappa shape index (κ3) is 3.18. The largest absolute Gasteiger partial charge is 0.399 e. The zero-order valence-corrected chi connectivity index (χ0v) is 12.3. The normalized spacial score (nSPS) is 13.1. The highest BCUT2D eigenvalue weighted by molar-refractivity contribution is 7.89. The van der Waals surface area contributed by atoms with Gasteiger partial charge in [-0.3, -0.25) is 0 Å². The molecule has 0 amide bonds. The first-order chi connectivity index (χ1) is 9.40. The monoisotopic (exact) mass is 290 g/mol. The quantitative estimate of drug-likeness (QED) is 0.850. The van der Waals surface area contributed by atoms with E-state index < -0.39 is 10.0 Å². The van der Waals surface area contributed by atoms with Crippen molar-refractivity contribution in [2.24, 2.45) is 0 Å². The summed E-state index contributed by atoms with van der Waals surface area (Å²) in [5, 5.41) is 0. The molecule has 0 spiro atoms. The number of nitrogen functional groups attached to an aromatic ring is 1. The standard InChI is InChI=1S/C15H18N2O2S/c1-11-5-3-4-6-15(11)12(2)17-20(18,19)14-9-7-13(16)8-10-14/h3-10,12,17H,16H2,1-2H3. The molecule has 0 saturated carbocycles. The van der Waals surface area contributed by atoms with Gasteiger partial charge in [0, 0.05) is 11.7 Å². The van der Waals surface area contributed by atoms with Crippen molar-refractivity contribution < 1.29 is 8.42 Å². The highest BCUT2D eigenvalue weighted by Crippen LogP contribution is 2.20. The number of hydrogen-bond donors (Lipinski definition) is 2. The van der Waals surface area contributed by atoms with Gasteiger partial charge in [-0.05, 0) is 49.2 Å². The highest BCUT2D eigenvalue weighted by atomic mass is 32.2. The Hall–Kier alpha value is -1.85. The molecular weight excluding hydrogens is 272 g/mol. The average molecular weight is 290 g/mol. The van der Waals surface area contributed by atoms with E-state index in [1.165, 1.54) is 12.1 Å². The molecule has 0 aliphatic heterocycles. The first-order valence-corrected chi connectivity index (χ1v) is 7.82. The van der Waals surface area contributed by atoms with Crippen LogP contribution in [0.15, 0.2) is 53.4 Å². The van der Waals surface area contributed by atoms with E-state index in [0.717, 1.165) is 11.1 Å². The van der Waals surface area contributed by atoms with Gasteiger partial charge >= 0.3 is 0 Å². The summed E-state index contributed by atoms with van der Waals surface area (Å²) in [7, 11) is -3.55.